The summed E-state index contributed by atoms with van der Waals surface area (Å²) in [6.45, 7) is -0.535. The second kappa shape index (κ2) is 13.5. The third-order valence-electron chi connectivity index (χ3n) is 9.05. The lowest BCUT2D eigenvalue weighted by Gasteiger charge is -2.48. The number of carbonyl (C=O) groups excluding carboxylic acids is 1. The normalized spacial score (nSPS) is 26.9. The number of benzene rings is 4. The van der Waals surface area contributed by atoms with Crippen LogP contribution in [-0.4, -0.2) is 67.6 Å². The van der Waals surface area contributed by atoms with Crippen molar-refractivity contribution in [3.8, 4) is 16.9 Å². The van der Waals surface area contributed by atoms with Crippen LogP contribution in [0.4, 0.5) is 5.69 Å². The molecule has 46 heavy (non-hydrogen) atoms. The van der Waals surface area contributed by atoms with Gasteiger partial charge in [0.05, 0.1) is 24.7 Å². The lowest BCUT2D eigenvalue weighted by Crippen LogP contribution is -2.55. The van der Waals surface area contributed by atoms with Crippen LogP contribution in [0.3, 0.4) is 0 Å². The van der Waals surface area contributed by atoms with Crippen LogP contribution >= 0.6 is 11.6 Å². The summed E-state index contributed by atoms with van der Waals surface area (Å²) in [6.07, 6.45) is -6.57. The van der Waals surface area contributed by atoms with Crippen LogP contribution in [0.2, 0.25) is 5.02 Å². The van der Waals surface area contributed by atoms with Crippen molar-refractivity contribution in [3.05, 3.63) is 119 Å². The molecule has 0 saturated carbocycles. The van der Waals surface area contributed by atoms with Crippen LogP contribution < -0.4 is 4.90 Å². The lowest BCUT2D eigenvalue weighted by molar-refractivity contribution is -0.231. The summed E-state index contributed by atoms with van der Waals surface area (Å²) < 4.78 is 5.73. The Hall–Kier alpha value is -3.80. The molecular weight excluding hydrogens is 610 g/mol. The van der Waals surface area contributed by atoms with Crippen molar-refractivity contribution in [3.63, 3.8) is 0 Å². The molecule has 6 N–H and O–H groups in total. The number of aromatic hydroxyl groups is 1. The van der Waals surface area contributed by atoms with E-state index in [0.717, 1.165) is 11.3 Å². The number of phenols is 1. The fraction of sp³-hybridized carbons (Fsp3) is 0.306. The predicted octanol–water partition coefficient (Wildman–Crippen LogP) is 4.45. The Balaban J connectivity index is 1.27. The maximum Gasteiger partial charge on any atom is 0.233 e. The van der Waals surface area contributed by atoms with Gasteiger partial charge >= 0.3 is 0 Å². The first kappa shape index (κ1) is 32.2. The summed E-state index contributed by atoms with van der Waals surface area (Å²) in [5.74, 6) is -0.527. The Kier molecular flexibility index (Phi) is 9.44. The van der Waals surface area contributed by atoms with Crippen LogP contribution in [0.15, 0.2) is 97.1 Å². The topological polar surface area (TPSA) is 151 Å². The predicted molar refractivity (Wildman–Crippen MR) is 172 cm³/mol. The van der Waals surface area contributed by atoms with E-state index in [1.54, 1.807) is 59.5 Å². The maximum absolute atomic E-state index is 13.5. The minimum atomic E-state index is -1.51. The zero-order valence-corrected chi connectivity index (χ0v) is 25.6. The van der Waals surface area contributed by atoms with E-state index in [0.29, 0.717) is 40.1 Å². The molecule has 4 aromatic rings. The molecule has 1 amide bonds. The van der Waals surface area contributed by atoms with Crippen molar-refractivity contribution in [1.29, 1.82) is 0 Å². The van der Waals surface area contributed by atoms with Crippen molar-refractivity contribution in [2.75, 3.05) is 11.5 Å². The smallest absolute Gasteiger partial charge is 0.233 e. The first-order valence-electron chi connectivity index (χ1n) is 15.2. The molecular formula is C36H36ClNO8. The average Bonchev–Trinajstić information content (AvgIpc) is 3.07. The lowest BCUT2D eigenvalue weighted by atomic mass is 9.78. The van der Waals surface area contributed by atoms with Gasteiger partial charge in [0, 0.05) is 16.3 Å². The molecule has 9 nitrogen and oxygen atoms in total. The van der Waals surface area contributed by atoms with Crippen LogP contribution in [0.1, 0.15) is 47.8 Å². The third kappa shape index (κ3) is 6.03. The van der Waals surface area contributed by atoms with Crippen molar-refractivity contribution in [2.24, 2.45) is 5.92 Å². The number of halogens is 1. The Bertz CT molecular complexity index is 1680. The van der Waals surface area contributed by atoms with Gasteiger partial charge in [-0.15, -0.1) is 0 Å². The van der Waals surface area contributed by atoms with Crippen LogP contribution in [-0.2, 0) is 9.53 Å². The molecule has 2 fully saturated rings. The number of ether oxygens (including phenoxy) is 1. The molecule has 0 radical (unpaired) electrons. The van der Waals surface area contributed by atoms with Crippen molar-refractivity contribution < 1.29 is 40.2 Å². The summed E-state index contributed by atoms with van der Waals surface area (Å²) in [6, 6.07) is 28.2. The average molecular weight is 646 g/mol. The molecule has 2 aliphatic heterocycles. The highest BCUT2D eigenvalue weighted by Gasteiger charge is 2.49. The number of nitrogens with zero attached hydrogens (tertiary/aromatic N) is 1. The Morgan fingerprint density at radius 1 is 0.826 bits per heavy atom. The molecule has 0 aliphatic carbocycles. The van der Waals surface area contributed by atoms with Gasteiger partial charge in [-0.25, -0.2) is 0 Å². The number of rotatable bonds is 9. The molecule has 0 unspecified atom stereocenters. The number of β-lactam (4-membered cyclic amide) rings is 1. The first-order chi connectivity index (χ1) is 22.2. The van der Waals surface area contributed by atoms with E-state index < -0.39 is 49.1 Å². The number of carbonyl (C=O) groups is 1. The summed E-state index contributed by atoms with van der Waals surface area (Å²) in [7, 11) is 0. The second-order valence-corrected chi connectivity index (χ2v) is 12.3. The molecule has 6 rings (SSSR count). The Morgan fingerprint density at radius 2 is 1.57 bits per heavy atom. The molecule has 8 atom stereocenters. The van der Waals surface area contributed by atoms with Gasteiger partial charge in [0.2, 0.25) is 5.91 Å². The number of aliphatic hydroxyl groups excluding tert-OH is 5. The van der Waals surface area contributed by atoms with Crippen molar-refractivity contribution in [2.45, 2.75) is 55.5 Å². The molecule has 0 spiro atoms. The molecule has 2 heterocycles. The zero-order valence-electron chi connectivity index (χ0n) is 24.8. The number of amides is 1. The fourth-order valence-corrected chi connectivity index (χ4v) is 6.82. The molecule has 10 heteroatoms. The first-order valence-corrected chi connectivity index (χ1v) is 15.6. The third-order valence-corrected chi connectivity index (χ3v) is 9.39. The number of para-hydroxylation sites is 1. The summed E-state index contributed by atoms with van der Waals surface area (Å²) in [5, 5.41) is 63.3. The summed E-state index contributed by atoms with van der Waals surface area (Å²) in [4.78, 5) is 15.2. The molecule has 240 valence electrons. The Morgan fingerprint density at radius 3 is 2.28 bits per heavy atom. The Labute approximate surface area is 271 Å². The van der Waals surface area contributed by atoms with E-state index >= 15 is 0 Å². The zero-order chi connectivity index (χ0) is 32.5. The number of hydrogen-bond acceptors (Lipinski definition) is 8. The largest absolute Gasteiger partial charge is 0.507 e. The maximum atomic E-state index is 13.5. The fourth-order valence-electron chi connectivity index (χ4n) is 6.56. The highest BCUT2D eigenvalue weighted by atomic mass is 35.5. The van der Waals surface area contributed by atoms with Gasteiger partial charge in [-0.2, -0.15) is 0 Å². The number of phenolic OH excluding ortho intramolecular Hbond substituents is 1. The summed E-state index contributed by atoms with van der Waals surface area (Å²) in [5.41, 5.74) is 3.68. The molecule has 0 aromatic heterocycles. The van der Waals surface area contributed by atoms with Crippen LogP contribution in [0.25, 0.3) is 11.1 Å². The molecule has 2 aliphatic rings. The van der Waals surface area contributed by atoms with Crippen molar-refractivity contribution in [1.82, 2.24) is 0 Å². The quantitative estimate of drug-likeness (QED) is 0.146. The van der Waals surface area contributed by atoms with E-state index in [4.69, 9.17) is 16.3 Å². The highest BCUT2D eigenvalue weighted by molar-refractivity contribution is 6.31. The van der Waals surface area contributed by atoms with Gasteiger partial charge < -0.3 is 40.3 Å². The van der Waals surface area contributed by atoms with Crippen molar-refractivity contribution >= 4 is 23.2 Å². The van der Waals surface area contributed by atoms with E-state index in [2.05, 4.69) is 0 Å². The van der Waals surface area contributed by atoms with Gasteiger partial charge in [-0.3, -0.25) is 4.79 Å². The molecule has 0 bridgehead atoms. The minimum absolute atomic E-state index is 0.0225. The standard InChI is InChI=1S/C36H36ClNO8/c37-27-12-5-4-11-25(27)28(40)16-15-26-31(38(36(26)45)23-9-2-1-3-10-23)21-13-14-24(29(41)18-21)20-7-6-8-22(17-20)35-34(44)33(43)32(42)30(19-39)46-35/h1-14,17-18,26,28,30-35,39-44H,15-16,19H2/t26-,28+,30-,31-,32-,33+,34-,35+/m1/s1. The highest BCUT2D eigenvalue weighted by Crippen LogP contribution is 2.48. The minimum Gasteiger partial charge on any atom is -0.507 e. The SMILES string of the molecule is O=C1[C@H](CC[C@H](O)c2ccccc2Cl)[C@@H](c2ccc(-c3cccc([C@@H]4O[C@H](CO)[C@@H](O)[C@H](O)[C@H]4O)c3)c(O)c2)N1c1ccccc1. The van der Waals surface area contributed by atoms with E-state index in [-0.39, 0.29) is 17.7 Å². The number of aliphatic hydroxyl groups is 5. The van der Waals surface area contributed by atoms with E-state index in [1.165, 1.54) is 0 Å². The summed E-state index contributed by atoms with van der Waals surface area (Å²) >= 11 is 6.29. The van der Waals surface area contributed by atoms with E-state index in [9.17, 15) is 35.4 Å². The second-order valence-electron chi connectivity index (χ2n) is 11.9. The van der Waals surface area contributed by atoms with Gasteiger partial charge in [0.1, 0.15) is 36.3 Å². The number of hydrogen-bond donors (Lipinski definition) is 6. The van der Waals surface area contributed by atoms with E-state index in [1.807, 2.05) is 42.5 Å². The van der Waals surface area contributed by atoms with Crippen LogP contribution in [0.5, 0.6) is 5.75 Å². The van der Waals surface area contributed by atoms with Gasteiger partial charge in [-0.05, 0) is 65.4 Å². The monoisotopic (exact) mass is 645 g/mol. The molecule has 2 saturated heterocycles. The van der Waals surface area contributed by atoms with Crippen LogP contribution in [0, 0.1) is 5.92 Å². The molecule has 4 aromatic carbocycles. The van der Waals surface area contributed by atoms with Gasteiger partial charge in [0.25, 0.3) is 0 Å². The van der Waals surface area contributed by atoms with Gasteiger partial charge in [-0.1, -0.05) is 78.3 Å². The van der Waals surface area contributed by atoms with Gasteiger partial charge in [0.15, 0.2) is 0 Å². The number of anilines is 1.